The molecule has 8 heteroatoms. The first-order chi connectivity index (χ1) is 17.0. The van der Waals surface area contributed by atoms with Crippen molar-refractivity contribution in [3.8, 4) is 17.2 Å². The summed E-state index contributed by atoms with van der Waals surface area (Å²) in [5, 5.41) is 4.13. The Balaban J connectivity index is 1.72. The minimum atomic E-state index is -0.171. The first kappa shape index (κ1) is 22.9. The Morgan fingerprint density at radius 3 is 2.51 bits per heavy atom. The van der Waals surface area contributed by atoms with E-state index in [0.717, 1.165) is 39.8 Å². The van der Waals surface area contributed by atoms with Gasteiger partial charge in [-0.3, -0.25) is 9.97 Å². The number of rotatable bonds is 6. The topological polar surface area (TPSA) is 64.4 Å². The fourth-order valence-electron chi connectivity index (χ4n) is 4.89. The average molecular weight is 486 g/mol. The molecule has 1 aliphatic heterocycles. The van der Waals surface area contributed by atoms with Crippen LogP contribution in [0, 0.1) is 13.8 Å². The summed E-state index contributed by atoms with van der Waals surface area (Å²) in [5.74, 6) is 1.44. The number of aryl methyl sites for hydroxylation is 1. The highest BCUT2D eigenvalue weighted by Gasteiger charge is 2.43. The lowest BCUT2D eigenvalue weighted by Crippen LogP contribution is -2.30. The molecule has 1 aliphatic rings. The molecule has 5 rings (SSSR count). The Morgan fingerprint density at radius 2 is 1.83 bits per heavy atom. The van der Waals surface area contributed by atoms with Gasteiger partial charge in [0.2, 0.25) is 0 Å². The summed E-state index contributed by atoms with van der Waals surface area (Å²) in [6.45, 7) is 4.24. The van der Waals surface area contributed by atoms with Gasteiger partial charge in [0, 0.05) is 29.8 Å². The standard InChI is InChI=1S/C27H27N5O2S/c1-17-14-21(18(2)31(17)19-8-7-12-28-16-19)26-25(22-9-5-6-13-29-22)30-27(35)32(26)23-15-20(33-3)10-11-24(23)34-4/h5-16,25-26H,1-4H3,(H,30,35)/t25-,26+/m1/s1. The highest BCUT2D eigenvalue weighted by molar-refractivity contribution is 7.80. The number of aromatic nitrogens is 3. The lowest BCUT2D eigenvalue weighted by atomic mass is 9.96. The number of methoxy groups -OCH3 is 2. The number of pyridine rings is 2. The minimum Gasteiger partial charge on any atom is -0.497 e. The van der Waals surface area contributed by atoms with E-state index in [0.29, 0.717) is 10.9 Å². The molecule has 0 unspecified atom stereocenters. The molecule has 1 fully saturated rings. The lowest BCUT2D eigenvalue weighted by Gasteiger charge is -2.29. The Labute approximate surface area is 210 Å². The molecule has 0 spiro atoms. The number of nitrogens with zero attached hydrogens (tertiary/aromatic N) is 4. The van der Waals surface area contributed by atoms with Crippen molar-refractivity contribution in [1.82, 2.24) is 19.9 Å². The van der Waals surface area contributed by atoms with Crippen LogP contribution in [-0.4, -0.2) is 33.9 Å². The molecule has 1 N–H and O–H groups in total. The van der Waals surface area contributed by atoms with Gasteiger partial charge in [0.05, 0.1) is 49.6 Å². The van der Waals surface area contributed by atoms with Gasteiger partial charge in [-0.1, -0.05) is 6.07 Å². The largest absolute Gasteiger partial charge is 0.497 e. The van der Waals surface area contributed by atoms with Gasteiger partial charge in [-0.25, -0.2) is 0 Å². The molecule has 1 aromatic carbocycles. The molecular weight excluding hydrogens is 458 g/mol. The van der Waals surface area contributed by atoms with Gasteiger partial charge in [-0.2, -0.15) is 0 Å². The van der Waals surface area contributed by atoms with Crippen LogP contribution >= 0.6 is 12.2 Å². The second kappa shape index (κ2) is 9.38. The highest BCUT2D eigenvalue weighted by atomic mass is 32.1. The van der Waals surface area contributed by atoms with Crippen LogP contribution in [0.25, 0.3) is 5.69 Å². The Morgan fingerprint density at radius 1 is 0.971 bits per heavy atom. The van der Waals surface area contributed by atoms with Crippen LogP contribution in [0.4, 0.5) is 5.69 Å². The number of nitrogens with one attached hydrogen (secondary N) is 1. The maximum absolute atomic E-state index is 5.91. The summed E-state index contributed by atoms with van der Waals surface area (Å²) in [5.41, 5.74) is 6.12. The summed E-state index contributed by atoms with van der Waals surface area (Å²) >= 11 is 5.91. The van der Waals surface area contributed by atoms with Crippen LogP contribution in [0.2, 0.25) is 0 Å². The first-order valence-electron chi connectivity index (χ1n) is 11.4. The zero-order valence-electron chi connectivity index (χ0n) is 20.1. The molecule has 0 aliphatic carbocycles. The number of ether oxygens (including phenoxy) is 2. The van der Waals surface area contributed by atoms with Crippen LogP contribution in [0.1, 0.15) is 34.7 Å². The van der Waals surface area contributed by atoms with Crippen LogP contribution < -0.4 is 19.7 Å². The molecule has 1 saturated heterocycles. The van der Waals surface area contributed by atoms with Gasteiger partial charge >= 0.3 is 0 Å². The molecular formula is C27H27N5O2S. The Bertz CT molecular complexity index is 1360. The third-order valence-electron chi connectivity index (χ3n) is 6.44. The highest BCUT2D eigenvalue weighted by Crippen LogP contribution is 2.47. The quantitative estimate of drug-likeness (QED) is 0.382. The Kier molecular flexibility index (Phi) is 6.13. The van der Waals surface area contributed by atoms with Gasteiger partial charge in [0.25, 0.3) is 0 Å². The molecule has 35 heavy (non-hydrogen) atoms. The van der Waals surface area contributed by atoms with Crippen molar-refractivity contribution in [1.29, 1.82) is 0 Å². The van der Waals surface area contributed by atoms with E-state index in [2.05, 4.69) is 50.7 Å². The van der Waals surface area contributed by atoms with Crippen LogP contribution in [0.15, 0.2) is 73.2 Å². The second-order valence-electron chi connectivity index (χ2n) is 8.41. The Hall–Kier alpha value is -3.91. The third-order valence-corrected chi connectivity index (χ3v) is 6.75. The summed E-state index contributed by atoms with van der Waals surface area (Å²) < 4.78 is 13.5. The maximum atomic E-state index is 5.91. The van der Waals surface area contributed by atoms with Gasteiger partial charge in [-0.15, -0.1) is 0 Å². The summed E-state index contributed by atoms with van der Waals surface area (Å²) in [6, 6.07) is 17.6. The van der Waals surface area contributed by atoms with Crippen molar-refractivity contribution in [3.63, 3.8) is 0 Å². The molecule has 7 nitrogen and oxygen atoms in total. The summed E-state index contributed by atoms with van der Waals surface area (Å²) in [7, 11) is 3.32. The van der Waals surface area contributed by atoms with E-state index in [-0.39, 0.29) is 12.1 Å². The molecule has 0 bridgehead atoms. The van der Waals surface area contributed by atoms with Crippen molar-refractivity contribution in [2.75, 3.05) is 19.1 Å². The van der Waals surface area contributed by atoms with Gasteiger partial charge < -0.3 is 24.3 Å². The number of benzene rings is 1. The minimum absolute atomic E-state index is 0.164. The van der Waals surface area contributed by atoms with Gasteiger partial charge in [-0.05, 0) is 74.1 Å². The maximum Gasteiger partial charge on any atom is 0.174 e. The lowest BCUT2D eigenvalue weighted by molar-refractivity contribution is 0.403. The number of hydrogen-bond donors (Lipinski definition) is 1. The molecule has 0 saturated carbocycles. The smallest absolute Gasteiger partial charge is 0.174 e. The zero-order chi connectivity index (χ0) is 24.5. The van der Waals surface area contributed by atoms with Crippen molar-refractivity contribution < 1.29 is 9.47 Å². The number of hydrogen-bond acceptors (Lipinski definition) is 5. The van der Waals surface area contributed by atoms with Crippen molar-refractivity contribution in [3.05, 3.63) is 95.8 Å². The van der Waals surface area contributed by atoms with Crippen LogP contribution in [0.5, 0.6) is 11.5 Å². The fraction of sp³-hybridized carbons (Fsp3) is 0.222. The van der Waals surface area contributed by atoms with E-state index in [9.17, 15) is 0 Å². The molecule has 4 aromatic rings. The van der Waals surface area contributed by atoms with E-state index in [1.807, 2.05) is 54.9 Å². The van der Waals surface area contributed by atoms with E-state index in [1.165, 1.54) is 0 Å². The third kappa shape index (κ3) is 4.00. The molecule has 2 atom stereocenters. The first-order valence-corrected chi connectivity index (χ1v) is 11.8. The van der Waals surface area contributed by atoms with Crippen LogP contribution in [-0.2, 0) is 0 Å². The normalized spacial score (nSPS) is 17.4. The fourth-order valence-corrected chi connectivity index (χ4v) is 5.22. The zero-order valence-corrected chi connectivity index (χ0v) is 20.9. The van der Waals surface area contributed by atoms with Crippen LogP contribution in [0.3, 0.4) is 0 Å². The molecule has 4 heterocycles. The summed E-state index contributed by atoms with van der Waals surface area (Å²) in [4.78, 5) is 11.1. The predicted molar refractivity (Wildman–Crippen MR) is 141 cm³/mol. The molecule has 0 radical (unpaired) electrons. The van der Waals surface area contributed by atoms with Crippen molar-refractivity contribution in [2.45, 2.75) is 25.9 Å². The van der Waals surface area contributed by atoms with E-state index < -0.39 is 0 Å². The van der Waals surface area contributed by atoms with Gasteiger partial charge in [0.1, 0.15) is 11.5 Å². The SMILES string of the molecule is COc1ccc(OC)c(N2C(=S)N[C@H](c3ccccn3)[C@@H]2c2cc(C)n(-c3cccnc3)c2C)c1. The van der Waals surface area contributed by atoms with E-state index >= 15 is 0 Å². The van der Waals surface area contributed by atoms with Crippen molar-refractivity contribution >= 4 is 23.0 Å². The van der Waals surface area contributed by atoms with Crippen molar-refractivity contribution in [2.24, 2.45) is 0 Å². The van der Waals surface area contributed by atoms with E-state index in [1.54, 1.807) is 20.4 Å². The predicted octanol–water partition coefficient (Wildman–Crippen LogP) is 5.08. The summed E-state index contributed by atoms with van der Waals surface area (Å²) in [6.07, 6.45) is 5.47. The van der Waals surface area contributed by atoms with Gasteiger partial charge in [0.15, 0.2) is 5.11 Å². The average Bonchev–Trinajstić information content (AvgIpc) is 3.39. The monoisotopic (exact) mass is 485 g/mol. The van der Waals surface area contributed by atoms with E-state index in [4.69, 9.17) is 21.7 Å². The second-order valence-corrected chi connectivity index (χ2v) is 8.79. The number of thiocarbonyl (C=S) groups is 1. The molecule has 0 amide bonds. The molecule has 178 valence electrons. The molecule has 3 aromatic heterocycles. The number of anilines is 1.